The Balaban J connectivity index is 1.66. The molecule has 1 amide bonds. The molecule has 8 heteroatoms. The first-order chi connectivity index (χ1) is 13.3. The van der Waals surface area contributed by atoms with Gasteiger partial charge in [0.2, 0.25) is 0 Å². The van der Waals surface area contributed by atoms with Gasteiger partial charge in [0.25, 0.3) is 0 Å². The second-order valence-corrected chi connectivity index (χ2v) is 7.60. The molecular weight excluding hydrogens is 360 g/mol. The number of hydrogen-bond donors (Lipinski definition) is 1. The third kappa shape index (κ3) is 7.26. The van der Waals surface area contributed by atoms with E-state index in [1.165, 1.54) is 0 Å². The number of ether oxygens (including phenoxy) is 3. The van der Waals surface area contributed by atoms with Gasteiger partial charge in [0.05, 0.1) is 26.9 Å². The summed E-state index contributed by atoms with van der Waals surface area (Å²) in [6.07, 6.45) is -0.283. The highest BCUT2D eigenvalue weighted by molar-refractivity contribution is 5.78. The number of carbonyl (C=O) groups excluding carboxylic acids is 1. The minimum atomic E-state index is -0.486. The maximum Gasteiger partial charge on any atom is 0.410 e. The van der Waals surface area contributed by atoms with Gasteiger partial charge in [-0.25, -0.2) is 4.79 Å². The summed E-state index contributed by atoms with van der Waals surface area (Å²) in [5, 5.41) is 0. The van der Waals surface area contributed by atoms with Crippen LogP contribution >= 0.6 is 0 Å². The summed E-state index contributed by atoms with van der Waals surface area (Å²) in [5.41, 5.74) is 6.66. The first-order valence-electron chi connectivity index (χ1n) is 9.52. The Morgan fingerprint density at radius 3 is 2.29 bits per heavy atom. The highest BCUT2D eigenvalue weighted by Crippen LogP contribution is 2.13. The normalized spacial score (nSPS) is 15.5. The van der Waals surface area contributed by atoms with E-state index in [1.807, 2.05) is 49.9 Å². The topological polar surface area (TPSA) is 89.6 Å². The second kappa shape index (κ2) is 10.2. The number of carbonyl (C=O) groups is 1. The number of nitrogens with two attached hydrogens (primary N) is 1. The van der Waals surface area contributed by atoms with Gasteiger partial charge >= 0.3 is 6.09 Å². The lowest BCUT2D eigenvalue weighted by Gasteiger charge is -2.36. The Morgan fingerprint density at radius 2 is 1.71 bits per heavy atom. The molecule has 0 atom stereocenters. The van der Waals surface area contributed by atoms with Crippen molar-refractivity contribution in [2.45, 2.75) is 33.0 Å². The number of rotatable bonds is 6. The molecule has 1 aliphatic heterocycles. The van der Waals surface area contributed by atoms with E-state index in [-0.39, 0.29) is 6.09 Å². The van der Waals surface area contributed by atoms with E-state index in [0.717, 1.165) is 11.3 Å². The predicted octanol–water partition coefficient (Wildman–Crippen LogP) is 2.08. The zero-order valence-electron chi connectivity index (χ0n) is 17.3. The molecule has 1 fully saturated rings. The zero-order chi connectivity index (χ0) is 20.6. The van der Waals surface area contributed by atoms with Crippen molar-refractivity contribution in [1.29, 1.82) is 0 Å². The minimum Gasteiger partial charge on any atom is -0.497 e. The number of amides is 1. The Hall–Kier alpha value is -2.48. The third-order valence-electron chi connectivity index (χ3n) is 4.19. The van der Waals surface area contributed by atoms with Crippen molar-refractivity contribution >= 4 is 12.1 Å². The van der Waals surface area contributed by atoms with Crippen LogP contribution < -0.4 is 10.5 Å². The summed E-state index contributed by atoms with van der Waals surface area (Å²) >= 11 is 0. The molecule has 0 saturated carbocycles. The van der Waals surface area contributed by atoms with Gasteiger partial charge in [-0.1, -0.05) is 12.1 Å². The molecule has 0 aromatic heterocycles. The van der Waals surface area contributed by atoms with Crippen molar-refractivity contribution in [3.63, 3.8) is 0 Å². The molecule has 1 aromatic carbocycles. The average Bonchev–Trinajstić information content (AvgIpc) is 2.67. The van der Waals surface area contributed by atoms with Crippen LogP contribution in [-0.2, 0) is 16.1 Å². The smallest absolute Gasteiger partial charge is 0.410 e. The van der Waals surface area contributed by atoms with Gasteiger partial charge < -0.3 is 29.7 Å². The molecule has 0 unspecified atom stereocenters. The van der Waals surface area contributed by atoms with E-state index >= 15 is 0 Å². The quantitative estimate of drug-likeness (QED) is 0.453. The highest BCUT2D eigenvalue weighted by atomic mass is 16.6. The lowest BCUT2D eigenvalue weighted by atomic mass is 10.2. The maximum atomic E-state index is 12.1. The van der Waals surface area contributed by atoms with Crippen LogP contribution in [-0.4, -0.2) is 73.9 Å². The molecule has 0 radical (unpaired) electrons. The standard InChI is InChI=1S/C20H32N4O4/c1-20(2,3)28-19(25)24-12-10-23(11-13-24)18(21)22-9-14-27-15-16-5-7-17(26-4)8-6-16/h5-8H,9-15H2,1-4H3,(H2,21,22). The molecule has 2 N–H and O–H groups in total. The van der Waals surface area contributed by atoms with E-state index in [2.05, 4.69) is 4.99 Å². The van der Waals surface area contributed by atoms with Crippen LogP contribution in [0.25, 0.3) is 0 Å². The largest absolute Gasteiger partial charge is 0.497 e. The van der Waals surface area contributed by atoms with Crippen molar-refractivity contribution in [2.75, 3.05) is 46.4 Å². The number of guanidine groups is 1. The van der Waals surface area contributed by atoms with Gasteiger partial charge in [0.1, 0.15) is 11.4 Å². The van der Waals surface area contributed by atoms with Gasteiger partial charge in [-0.05, 0) is 38.5 Å². The lowest BCUT2D eigenvalue weighted by molar-refractivity contribution is 0.0186. The van der Waals surface area contributed by atoms with Crippen LogP contribution in [0.3, 0.4) is 0 Å². The number of hydrogen-bond acceptors (Lipinski definition) is 5. The highest BCUT2D eigenvalue weighted by Gasteiger charge is 2.26. The van der Waals surface area contributed by atoms with Gasteiger partial charge in [0, 0.05) is 26.2 Å². The van der Waals surface area contributed by atoms with Crippen LogP contribution in [0.5, 0.6) is 5.75 Å². The van der Waals surface area contributed by atoms with E-state index in [4.69, 9.17) is 19.9 Å². The molecule has 1 saturated heterocycles. The molecule has 0 aliphatic carbocycles. The summed E-state index contributed by atoms with van der Waals surface area (Å²) in [6, 6.07) is 7.76. The molecule has 156 valence electrons. The molecule has 28 heavy (non-hydrogen) atoms. The van der Waals surface area contributed by atoms with Crippen molar-refractivity contribution in [1.82, 2.24) is 9.80 Å². The first kappa shape index (κ1) is 21.8. The Bertz CT molecular complexity index is 647. The van der Waals surface area contributed by atoms with Crippen LogP contribution in [0.4, 0.5) is 4.79 Å². The molecule has 8 nitrogen and oxygen atoms in total. The number of nitrogens with zero attached hydrogens (tertiary/aromatic N) is 3. The molecule has 2 rings (SSSR count). The van der Waals surface area contributed by atoms with Crippen molar-refractivity contribution in [3.8, 4) is 5.75 Å². The fourth-order valence-corrected chi connectivity index (χ4v) is 2.68. The van der Waals surface area contributed by atoms with E-state index < -0.39 is 5.60 Å². The average molecular weight is 393 g/mol. The van der Waals surface area contributed by atoms with E-state index in [0.29, 0.717) is 51.9 Å². The summed E-state index contributed by atoms with van der Waals surface area (Å²) in [4.78, 5) is 20.1. The molecular formula is C20H32N4O4. The maximum absolute atomic E-state index is 12.1. The minimum absolute atomic E-state index is 0.283. The van der Waals surface area contributed by atoms with Crippen molar-refractivity contribution in [2.24, 2.45) is 10.7 Å². The molecule has 0 spiro atoms. The molecule has 0 bridgehead atoms. The van der Waals surface area contributed by atoms with Crippen molar-refractivity contribution in [3.05, 3.63) is 29.8 Å². The number of piperazine rings is 1. The fourth-order valence-electron chi connectivity index (χ4n) is 2.68. The van der Waals surface area contributed by atoms with Crippen LogP contribution in [0.1, 0.15) is 26.3 Å². The Kier molecular flexibility index (Phi) is 7.92. The van der Waals surface area contributed by atoms with Gasteiger partial charge in [-0.2, -0.15) is 0 Å². The number of methoxy groups -OCH3 is 1. The zero-order valence-corrected chi connectivity index (χ0v) is 17.3. The molecule has 1 aromatic rings. The van der Waals surface area contributed by atoms with Crippen LogP contribution in [0.2, 0.25) is 0 Å². The number of aliphatic imine (C=N–C) groups is 1. The summed E-state index contributed by atoms with van der Waals surface area (Å²) in [5.74, 6) is 1.31. The number of benzene rings is 1. The monoisotopic (exact) mass is 392 g/mol. The van der Waals surface area contributed by atoms with Gasteiger partial charge in [-0.15, -0.1) is 0 Å². The summed E-state index contributed by atoms with van der Waals surface area (Å²) < 4.78 is 16.2. The molecule has 1 heterocycles. The first-order valence-corrected chi connectivity index (χ1v) is 9.52. The van der Waals surface area contributed by atoms with E-state index in [1.54, 1.807) is 12.0 Å². The van der Waals surface area contributed by atoms with Gasteiger partial charge in [0.15, 0.2) is 5.96 Å². The predicted molar refractivity (Wildman–Crippen MR) is 109 cm³/mol. The fraction of sp³-hybridized carbons (Fsp3) is 0.600. The molecule has 1 aliphatic rings. The second-order valence-electron chi connectivity index (χ2n) is 7.60. The summed E-state index contributed by atoms with van der Waals surface area (Å²) in [6.45, 7) is 9.52. The van der Waals surface area contributed by atoms with Crippen molar-refractivity contribution < 1.29 is 19.0 Å². The lowest BCUT2D eigenvalue weighted by Crippen LogP contribution is -2.53. The van der Waals surface area contributed by atoms with Crippen LogP contribution in [0, 0.1) is 0 Å². The third-order valence-corrected chi connectivity index (χ3v) is 4.19. The Labute approximate surface area is 167 Å². The SMILES string of the molecule is COc1ccc(COCCN=C(N)N2CCN(C(=O)OC(C)(C)C)CC2)cc1. The van der Waals surface area contributed by atoms with E-state index in [9.17, 15) is 4.79 Å². The van der Waals surface area contributed by atoms with Crippen LogP contribution in [0.15, 0.2) is 29.3 Å². The van der Waals surface area contributed by atoms with Gasteiger partial charge in [-0.3, -0.25) is 4.99 Å². The summed E-state index contributed by atoms with van der Waals surface area (Å²) in [7, 11) is 1.64. The Morgan fingerprint density at radius 1 is 1.11 bits per heavy atom.